The maximum absolute atomic E-state index is 6.01. The third kappa shape index (κ3) is 3.26. The van der Waals surface area contributed by atoms with Crippen molar-refractivity contribution in [1.82, 2.24) is 9.97 Å². The lowest BCUT2D eigenvalue weighted by Crippen LogP contribution is -2.04. The molecule has 0 aliphatic heterocycles. The van der Waals surface area contributed by atoms with E-state index in [1.165, 1.54) is 6.33 Å². The number of benzene rings is 1. The van der Waals surface area contributed by atoms with Gasteiger partial charge in [-0.3, -0.25) is 0 Å². The van der Waals surface area contributed by atoms with Gasteiger partial charge in [0.15, 0.2) is 5.69 Å². The fraction of sp³-hybridized carbons (Fsp3) is 0.231. The van der Waals surface area contributed by atoms with E-state index in [0.717, 1.165) is 6.42 Å². The highest BCUT2D eigenvalue weighted by Gasteiger charge is 2.12. The standard InChI is InChI=1S/C13H14ClN3O2/c1-2-7-18-12-11(15)13(17-8-16-12)19-10-6-4-3-5-9(10)14/h3-6,8H,2,7,15H2,1H3. The molecule has 0 saturated carbocycles. The summed E-state index contributed by atoms with van der Waals surface area (Å²) in [6.07, 6.45) is 2.21. The quantitative estimate of drug-likeness (QED) is 0.909. The third-order valence-electron chi connectivity index (χ3n) is 2.30. The number of nitrogens with zero attached hydrogens (tertiary/aromatic N) is 2. The predicted octanol–water partition coefficient (Wildman–Crippen LogP) is 3.29. The zero-order valence-corrected chi connectivity index (χ0v) is 11.2. The summed E-state index contributed by atoms with van der Waals surface area (Å²) < 4.78 is 11.0. The smallest absolute Gasteiger partial charge is 0.249 e. The summed E-state index contributed by atoms with van der Waals surface area (Å²) >= 11 is 6.01. The van der Waals surface area contributed by atoms with Crippen molar-refractivity contribution in [2.24, 2.45) is 0 Å². The average Bonchev–Trinajstić information content (AvgIpc) is 2.42. The van der Waals surface area contributed by atoms with Crippen LogP contribution in [0.15, 0.2) is 30.6 Å². The topological polar surface area (TPSA) is 70.3 Å². The molecule has 2 aromatic rings. The molecule has 1 aromatic carbocycles. The fourth-order valence-corrected chi connectivity index (χ4v) is 1.57. The summed E-state index contributed by atoms with van der Waals surface area (Å²) in [5.74, 6) is 1.03. The maximum atomic E-state index is 6.01. The van der Waals surface area contributed by atoms with Crippen molar-refractivity contribution in [3.8, 4) is 17.5 Å². The Bertz CT molecular complexity index is 563. The highest BCUT2D eigenvalue weighted by atomic mass is 35.5. The summed E-state index contributed by atoms with van der Waals surface area (Å²) in [5, 5.41) is 0.483. The summed E-state index contributed by atoms with van der Waals surface area (Å²) in [4.78, 5) is 7.96. The van der Waals surface area contributed by atoms with Crippen LogP contribution < -0.4 is 15.2 Å². The van der Waals surface area contributed by atoms with Gasteiger partial charge in [-0.05, 0) is 18.6 Å². The van der Waals surface area contributed by atoms with Crippen LogP contribution in [0.25, 0.3) is 0 Å². The van der Waals surface area contributed by atoms with Gasteiger partial charge in [-0.1, -0.05) is 30.7 Å². The molecule has 0 fully saturated rings. The average molecular weight is 280 g/mol. The summed E-state index contributed by atoms with van der Waals surface area (Å²) in [6.45, 7) is 2.53. The second-order valence-electron chi connectivity index (χ2n) is 3.78. The largest absolute Gasteiger partial charge is 0.476 e. The van der Waals surface area contributed by atoms with Crippen molar-refractivity contribution in [3.63, 3.8) is 0 Å². The van der Waals surface area contributed by atoms with Gasteiger partial charge in [0.2, 0.25) is 11.8 Å². The molecule has 0 aliphatic rings. The molecule has 1 aromatic heterocycles. The minimum atomic E-state index is 0.231. The van der Waals surface area contributed by atoms with E-state index in [4.69, 9.17) is 26.8 Å². The summed E-state index contributed by atoms with van der Waals surface area (Å²) in [5.41, 5.74) is 6.16. The van der Waals surface area contributed by atoms with Gasteiger partial charge >= 0.3 is 0 Å². The van der Waals surface area contributed by atoms with E-state index < -0.39 is 0 Å². The molecule has 5 nitrogen and oxygen atoms in total. The van der Waals surface area contributed by atoms with Gasteiger partial charge in [0.25, 0.3) is 0 Å². The lowest BCUT2D eigenvalue weighted by molar-refractivity contribution is 0.304. The predicted molar refractivity (Wildman–Crippen MR) is 73.8 cm³/mol. The Kier molecular flexibility index (Phi) is 4.41. The number of anilines is 1. The van der Waals surface area contributed by atoms with Crippen molar-refractivity contribution >= 4 is 17.3 Å². The number of aromatic nitrogens is 2. The van der Waals surface area contributed by atoms with Crippen molar-refractivity contribution in [2.45, 2.75) is 13.3 Å². The first-order valence-electron chi connectivity index (χ1n) is 5.88. The zero-order chi connectivity index (χ0) is 13.7. The molecule has 0 aliphatic carbocycles. The van der Waals surface area contributed by atoms with Crippen LogP contribution in [0.4, 0.5) is 5.69 Å². The number of hydrogen-bond donors (Lipinski definition) is 1. The molecule has 0 unspecified atom stereocenters. The molecule has 19 heavy (non-hydrogen) atoms. The minimum absolute atomic E-state index is 0.231. The molecule has 0 saturated heterocycles. The number of nitrogen functional groups attached to an aromatic ring is 1. The molecular formula is C13H14ClN3O2. The second-order valence-corrected chi connectivity index (χ2v) is 4.19. The van der Waals surface area contributed by atoms with Crippen molar-refractivity contribution in [1.29, 1.82) is 0 Å². The van der Waals surface area contributed by atoms with Gasteiger partial charge in [-0.25, -0.2) is 0 Å². The van der Waals surface area contributed by atoms with Crippen molar-refractivity contribution < 1.29 is 9.47 Å². The molecule has 0 amide bonds. The van der Waals surface area contributed by atoms with E-state index >= 15 is 0 Å². The molecule has 6 heteroatoms. The molecule has 2 N–H and O–H groups in total. The van der Waals surface area contributed by atoms with Crippen LogP contribution in [0.1, 0.15) is 13.3 Å². The van der Waals surface area contributed by atoms with Gasteiger partial charge in [0.1, 0.15) is 12.1 Å². The number of nitrogens with two attached hydrogens (primary N) is 1. The van der Waals surface area contributed by atoms with E-state index in [1.54, 1.807) is 12.1 Å². The number of rotatable bonds is 5. The fourth-order valence-electron chi connectivity index (χ4n) is 1.39. The Hall–Kier alpha value is -2.01. The number of halogens is 1. The van der Waals surface area contributed by atoms with Crippen molar-refractivity contribution in [3.05, 3.63) is 35.6 Å². The van der Waals surface area contributed by atoms with Crippen LogP contribution in [0.2, 0.25) is 5.02 Å². The Labute approximate surface area is 116 Å². The maximum Gasteiger partial charge on any atom is 0.249 e. The van der Waals surface area contributed by atoms with Crippen LogP contribution in [-0.4, -0.2) is 16.6 Å². The summed E-state index contributed by atoms with van der Waals surface area (Å²) in [6, 6.07) is 7.08. The van der Waals surface area contributed by atoms with Gasteiger partial charge in [-0.15, -0.1) is 0 Å². The van der Waals surface area contributed by atoms with Crippen LogP contribution in [0, 0.1) is 0 Å². The van der Waals surface area contributed by atoms with Gasteiger partial charge < -0.3 is 15.2 Å². The normalized spacial score (nSPS) is 10.2. The molecule has 2 rings (SSSR count). The lowest BCUT2D eigenvalue weighted by atomic mass is 10.3. The Balaban J connectivity index is 2.23. The minimum Gasteiger partial charge on any atom is -0.476 e. The molecular weight excluding hydrogens is 266 g/mol. The first-order valence-corrected chi connectivity index (χ1v) is 6.25. The van der Waals surface area contributed by atoms with E-state index in [9.17, 15) is 0 Å². The molecule has 0 bridgehead atoms. The van der Waals surface area contributed by atoms with Crippen LogP contribution in [0.3, 0.4) is 0 Å². The Morgan fingerprint density at radius 1 is 1.21 bits per heavy atom. The highest BCUT2D eigenvalue weighted by molar-refractivity contribution is 6.32. The second kappa shape index (κ2) is 6.24. The van der Waals surface area contributed by atoms with E-state index in [2.05, 4.69) is 9.97 Å². The lowest BCUT2D eigenvalue weighted by Gasteiger charge is -2.11. The molecule has 0 radical (unpaired) electrons. The first-order chi connectivity index (χ1) is 9.22. The number of para-hydroxylation sites is 1. The van der Waals surface area contributed by atoms with E-state index in [-0.39, 0.29) is 11.6 Å². The first kappa shape index (κ1) is 13.4. The monoisotopic (exact) mass is 279 g/mol. The molecule has 0 spiro atoms. The van der Waals surface area contributed by atoms with E-state index in [0.29, 0.717) is 23.3 Å². The SMILES string of the molecule is CCCOc1ncnc(Oc2ccccc2Cl)c1N. The van der Waals surface area contributed by atoms with Crippen LogP contribution in [0.5, 0.6) is 17.5 Å². The molecule has 1 heterocycles. The Morgan fingerprint density at radius 2 is 1.95 bits per heavy atom. The van der Waals surface area contributed by atoms with Crippen LogP contribution >= 0.6 is 11.6 Å². The number of hydrogen-bond acceptors (Lipinski definition) is 5. The Morgan fingerprint density at radius 3 is 2.68 bits per heavy atom. The third-order valence-corrected chi connectivity index (χ3v) is 2.61. The number of ether oxygens (including phenoxy) is 2. The molecule has 100 valence electrons. The van der Waals surface area contributed by atoms with Gasteiger partial charge in [-0.2, -0.15) is 9.97 Å². The van der Waals surface area contributed by atoms with Gasteiger partial charge in [0.05, 0.1) is 11.6 Å². The molecule has 0 atom stereocenters. The van der Waals surface area contributed by atoms with Crippen molar-refractivity contribution in [2.75, 3.05) is 12.3 Å². The summed E-state index contributed by atoms with van der Waals surface area (Å²) in [7, 11) is 0. The zero-order valence-electron chi connectivity index (χ0n) is 10.5. The van der Waals surface area contributed by atoms with E-state index in [1.807, 2.05) is 19.1 Å². The van der Waals surface area contributed by atoms with Crippen LogP contribution in [-0.2, 0) is 0 Å². The van der Waals surface area contributed by atoms with Gasteiger partial charge in [0, 0.05) is 0 Å². The highest BCUT2D eigenvalue weighted by Crippen LogP contribution is 2.33.